The smallest absolute Gasteiger partial charge is 0.228 e. The summed E-state index contributed by atoms with van der Waals surface area (Å²) in [7, 11) is 0. The van der Waals surface area contributed by atoms with Gasteiger partial charge in [0.2, 0.25) is 5.91 Å². The topological polar surface area (TPSA) is 42.4 Å². The Morgan fingerprint density at radius 3 is 2.68 bits per heavy atom. The van der Waals surface area contributed by atoms with Crippen LogP contribution in [0.1, 0.15) is 50.5 Å². The first-order chi connectivity index (χ1) is 10.8. The second-order valence-corrected chi connectivity index (χ2v) is 6.45. The van der Waals surface area contributed by atoms with E-state index in [1.165, 1.54) is 5.56 Å². The molecular formula is C18H26N2O2. The molecule has 2 fully saturated rings. The molecule has 0 aliphatic carbocycles. The molecule has 0 radical (unpaired) electrons. The minimum atomic E-state index is 0.0798. The van der Waals surface area contributed by atoms with Gasteiger partial charge in [0.25, 0.3) is 0 Å². The van der Waals surface area contributed by atoms with Gasteiger partial charge in [0.1, 0.15) is 0 Å². The Bertz CT molecular complexity index is 483. The van der Waals surface area contributed by atoms with E-state index < -0.39 is 0 Å². The molecule has 4 heteroatoms. The minimum Gasteiger partial charge on any atom is -0.377 e. The molecule has 3 rings (SSSR count). The van der Waals surface area contributed by atoms with Crippen molar-refractivity contribution in [2.75, 3.05) is 19.7 Å². The molecule has 0 spiro atoms. The third-order valence-corrected chi connectivity index (χ3v) is 5.14. The van der Waals surface area contributed by atoms with E-state index >= 15 is 0 Å². The molecule has 1 aromatic heterocycles. The van der Waals surface area contributed by atoms with Gasteiger partial charge in [0.15, 0.2) is 0 Å². The van der Waals surface area contributed by atoms with Gasteiger partial charge in [-0.3, -0.25) is 9.78 Å². The Kier molecular flexibility index (Phi) is 5.08. The van der Waals surface area contributed by atoms with E-state index in [9.17, 15) is 4.79 Å². The van der Waals surface area contributed by atoms with E-state index in [4.69, 9.17) is 4.74 Å². The summed E-state index contributed by atoms with van der Waals surface area (Å²) in [5.74, 6) is 0.965. The van der Waals surface area contributed by atoms with Crippen molar-refractivity contribution in [3.05, 3.63) is 30.1 Å². The van der Waals surface area contributed by atoms with Gasteiger partial charge in [-0.05, 0) is 55.7 Å². The number of carbonyl (C=O) groups is 1. The van der Waals surface area contributed by atoms with Gasteiger partial charge in [-0.1, -0.05) is 6.92 Å². The highest BCUT2D eigenvalue weighted by Gasteiger charge is 2.35. The first-order valence-electron chi connectivity index (χ1n) is 8.60. The molecule has 0 aromatic carbocycles. The number of ether oxygens (including phenoxy) is 1. The van der Waals surface area contributed by atoms with Crippen LogP contribution >= 0.6 is 0 Å². The van der Waals surface area contributed by atoms with Crippen molar-refractivity contribution in [2.45, 2.75) is 51.0 Å². The summed E-state index contributed by atoms with van der Waals surface area (Å²) in [6.07, 6.45) is 8.89. The van der Waals surface area contributed by atoms with Crippen LogP contribution < -0.4 is 0 Å². The van der Waals surface area contributed by atoms with Gasteiger partial charge in [0, 0.05) is 32.1 Å². The molecule has 2 atom stereocenters. The standard InChI is InChI=1S/C18H26N2O2/c1-2-17-16(4-3-13-22-17)18(21)20-11-7-15(8-12-20)14-5-9-19-10-6-14/h5-6,9-10,15-17H,2-4,7-8,11-13H2,1H3/t16-,17-/m1/s1. The summed E-state index contributed by atoms with van der Waals surface area (Å²) in [5, 5.41) is 0. The highest BCUT2D eigenvalue weighted by atomic mass is 16.5. The van der Waals surface area contributed by atoms with Crippen LogP contribution in [-0.2, 0) is 9.53 Å². The van der Waals surface area contributed by atoms with Crippen molar-refractivity contribution in [1.82, 2.24) is 9.88 Å². The fourth-order valence-corrected chi connectivity index (χ4v) is 3.83. The third kappa shape index (κ3) is 3.32. The molecule has 0 bridgehead atoms. The summed E-state index contributed by atoms with van der Waals surface area (Å²) in [4.78, 5) is 19.0. The van der Waals surface area contributed by atoms with Crippen molar-refractivity contribution >= 4 is 5.91 Å². The van der Waals surface area contributed by atoms with Crippen LogP contribution in [0.3, 0.4) is 0 Å². The predicted molar refractivity (Wildman–Crippen MR) is 85.5 cm³/mol. The van der Waals surface area contributed by atoms with Crippen LogP contribution in [0.2, 0.25) is 0 Å². The molecule has 1 amide bonds. The van der Waals surface area contributed by atoms with Crippen LogP contribution in [0.4, 0.5) is 0 Å². The average Bonchev–Trinajstić information content (AvgIpc) is 2.62. The molecular weight excluding hydrogens is 276 g/mol. The Morgan fingerprint density at radius 2 is 2.00 bits per heavy atom. The number of pyridine rings is 1. The van der Waals surface area contributed by atoms with E-state index in [0.717, 1.165) is 51.8 Å². The number of hydrogen-bond donors (Lipinski definition) is 0. The zero-order chi connectivity index (χ0) is 15.4. The van der Waals surface area contributed by atoms with Crippen molar-refractivity contribution in [2.24, 2.45) is 5.92 Å². The molecule has 0 saturated carbocycles. The van der Waals surface area contributed by atoms with Crippen LogP contribution in [-0.4, -0.2) is 41.6 Å². The summed E-state index contributed by atoms with van der Waals surface area (Å²) in [6.45, 7) is 4.68. The molecule has 1 aromatic rings. The maximum Gasteiger partial charge on any atom is 0.228 e. The maximum atomic E-state index is 12.8. The lowest BCUT2D eigenvalue weighted by molar-refractivity contribution is -0.146. The van der Waals surface area contributed by atoms with Crippen molar-refractivity contribution in [3.63, 3.8) is 0 Å². The van der Waals surface area contributed by atoms with Crippen LogP contribution in [0, 0.1) is 5.92 Å². The lowest BCUT2D eigenvalue weighted by Gasteiger charge is -2.38. The van der Waals surface area contributed by atoms with Crippen LogP contribution in [0.5, 0.6) is 0 Å². The number of rotatable bonds is 3. The van der Waals surface area contributed by atoms with Gasteiger partial charge >= 0.3 is 0 Å². The van der Waals surface area contributed by atoms with Crippen LogP contribution in [0.15, 0.2) is 24.5 Å². The largest absolute Gasteiger partial charge is 0.377 e. The zero-order valence-electron chi connectivity index (χ0n) is 13.4. The summed E-state index contributed by atoms with van der Waals surface area (Å²) >= 11 is 0. The predicted octanol–water partition coefficient (Wildman–Crippen LogP) is 2.99. The quantitative estimate of drug-likeness (QED) is 0.862. The number of amides is 1. The number of nitrogens with zero attached hydrogens (tertiary/aromatic N) is 2. The van der Waals surface area contributed by atoms with Crippen molar-refractivity contribution in [1.29, 1.82) is 0 Å². The normalized spacial score (nSPS) is 26.9. The molecule has 22 heavy (non-hydrogen) atoms. The van der Waals surface area contributed by atoms with Gasteiger partial charge in [-0.2, -0.15) is 0 Å². The summed E-state index contributed by atoms with van der Waals surface area (Å²) < 4.78 is 5.79. The number of likely N-dealkylation sites (tertiary alicyclic amines) is 1. The Hall–Kier alpha value is -1.42. The molecule has 120 valence electrons. The van der Waals surface area contributed by atoms with E-state index in [0.29, 0.717) is 11.8 Å². The van der Waals surface area contributed by atoms with E-state index in [1.807, 2.05) is 12.4 Å². The second kappa shape index (κ2) is 7.23. The van der Waals surface area contributed by atoms with Gasteiger partial charge < -0.3 is 9.64 Å². The summed E-state index contributed by atoms with van der Waals surface area (Å²) in [6, 6.07) is 4.20. The number of hydrogen-bond acceptors (Lipinski definition) is 3. The Balaban J connectivity index is 1.57. The first-order valence-corrected chi connectivity index (χ1v) is 8.60. The first kappa shape index (κ1) is 15.5. The molecule has 0 unspecified atom stereocenters. The molecule has 2 aliphatic heterocycles. The third-order valence-electron chi connectivity index (χ3n) is 5.14. The van der Waals surface area contributed by atoms with Crippen LogP contribution in [0.25, 0.3) is 0 Å². The van der Waals surface area contributed by atoms with E-state index in [1.54, 1.807) is 0 Å². The lowest BCUT2D eigenvalue weighted by atomic mass is 9.87. The molecule has 2 aliphatic rings. The highest BCUT2D eigenvalue weighted by molar-refractivity contribution is 5.79. The maximum absolute atomic E-state index is 12.8. The van der Waals surface area contributed by atoms with Gasteiger partial charge in [-0.25, -0.2) is 0 Å². The fraction of sp³-hybridized carbons (Fsp3) is 0.667. The van der Waals surface area contributed by atoms with Crippen molar-refractivity contribution < 1.29 is 9.53 Å². The van der Waals surface area contributed by atoms with E-state index in [-0.39, 0.29) is 12.0 Å². The molecule has 2 saturated heterocycles. The van der Waals surface area contributed by atoms with Gasteiger partial charge in [-0.15, -0.1) is 0 Å². The minimum absolute atomic E-state index is 0.0798. The number of carbonyl (C=O) groups excluding carboxylic acids is 1. The number of piperidine rings is 1. The van der Waals surface area contributed by atoms with E-state index in [2.05, 4.69) is 28.9 Å². The van der Waals surface area contributed by atoms with Crippen molar-refractivity contribution in [3.8, 4) is 0 Å². The second-order valence-electron chi connectivity index (χ2n) is 6.45. The Labute approximate surface area is 132 Å². The molecule has 4 nitrogen and oxygen atoms in total. The fourth-order valence-electron chi connectivity index (χ4n) is 3.83. The average molecular weight is 302 g/mol. The Morgan fingerprint density at radius 1 is 1.27 bits per heavy atom. The zero-order valence-corrected chi connectivity index (χ0v) is 13.4. The SMILES string of the molecule is CC[C@H]1OCCC[C@H]1C(=O)N1CCC(c2ccncc2)CC1. The highest BCUT2D eigenvalue weighted by Crippen LogP contribution is 2.30. The molecule has 3 heterocycles. The monoisotopic (exact) mass is 302 g/mol. The van der Waals surface area contributed by atoms with Gasteiger partial charge in [0.05, 0.1) is 12.0 Å². The summed E-state index contributed by atoms with van der Waals surface area (Å²) in [5.41, 5.74) is 1.36. The molecule has 0 N–H and O–H groups in total. The number of aromatic nitrogens is 1. The lowest BCUT2D eigenvalue weighted by Crippen LogP contribution is -2.46.